The second kappa shape index (κ2) is 19.2. The van der Waals surface area contributed by atoms with E-state index in [4.69, 9.17) is 4.74 Å². The molecule has 0 saturated carbocycles. The molecular formula is C36H54N2O5Sn. The van der Waals surface area contributed by atoms with Crippen molar-refractivity contribution < 1.29 is 19.2 Å². The zero-order valence-corrected chi connectivity index (χ0v) is 30.3. The molecule has 1 aliphatic rings. The van der Waals surface area contributed by atoms with Gasteiger partial charge in [0.25, 0.3) is 11.8 Å². The van der Waals surface area contributed by atoms with Gasteiger partial charge in [0, 0.05) is 6.54 Å². The standard InChI is InChI=1S/C24H27N2O5.3C4H9.Sn/c27-23-21-14-7-8-15-22(21)24(28)25(23)16-9-5-3-1-2-4-6-10-17-31-20-13-11-12-19(18-20)26(29)30;3*1-3-4-2;/h7-8,11,13-15,18H,1-6,9-10,16-17H2;3*1,3-4H2,2H3;. The minimum absolute atomic E-state index is 0.155. The third-order valence-corrected chi connectivity index (χ3v) is 24.9. The van der Waals surface area contributed by atoms with Crippen LogP contribution in [0.4, 0.5) is 5.69 Å². The number of nitrogens with zero attached hydrogens (tertiary/aromatic N) is 2. The van der Waals surface area contributed by atoms with Gasteiger partial charge < -0.3 is 0 Å². The molecule has 0 spiro atoms. The van der Waals surface area contributed by atoms with Gasteiger partial charge in [-0.2, -0.15) is 0 Å². The Hall–Kier alpha value is -2.42. The Morgan fingerprint density at radius 1 is 0.705 bits per heavy atom. The summed E-state index contributed by atoms with van der Waals surface area (Å²) < 4.78 is 10.7. The molecule has 242 valence electrons. The number of carbonyl (C=O) groups is 2. The average Bonchev–Trinajstić information content (AvgIpc) is 3.28. The fourth-order valence-corrected chi connectivity index (χ4v) is 23.1. The van der Waals surface area contributed by atoms with Gasteiger partial charge in [-0.3, -0.25) is 14.5 Å². The molecule has 1 heterocycles. The molecule has 0 saturated heterocycles. The van der Waals surface area contributed by atoms with Crippen molar-refractivity contribution in [2.45, 2.75) is 124 Å². The average molecular weight is 714 g/mol. The van der Waals surface area contributed by atoms with Crippen LogP contribution in [0.15, 0.2) is 42.5 Å². The van der Waals surface area contributed by atoms with E-state index in [2.05, 4.69) is 26.8 Å². The number of imide groups is 1. The van der Waals surface area contributed by atoms with Gasteiger partial charge in [-0.25, -0.2) is 0 Å². The molecule has 44 heavy (non-hydrogen) atoms. The SMILES string of the molecule is CCC[CH2][Sn]([CH2]CCC)([CH2]CCC)[c]1ccc(OCCCCCCCCCCN2C(=O)c3ccccc3C2=O)cc1[N+](=O)[O-]. The number of rotatable bonds is 23. The number of nitro benzene ring substituents is 1. The summed E-state index contributed by atoms with van der Waals surface area (Å²) in [5.74, 6) is 0.292. The summed E-state index contributed by atoms with van der Waals surface area (Å²) in [6.45, 7) is 7.75. The van der Waals surface area contributed by atoms with Gasteiger partial charge >= 0.3 is 189 Å². The number of benzene rings is 2. The van der Waals surface area contributed by atoms with Crippen molar-refractivity contribution in [3.63, 3.8) is 0 Å². The van der Waals surface area contributed by atoms with E-state index in [9.17, 15) is 19.7 Å². The molecule has 8 heteroatoms. The van der Waals surface area contributed by atoms with Gasteiger partial charge in [-0.05, 0) is 18.6 Å². The van der Waals surface area contributed by atoms with Gasteiger partial charge in [0.2, 0.25) is 0 Å². The topological polar surface area (TPSA) is 89.8 Å². The third-order valence-electron chi connectivity index (χ3n) is 9.19. The van der Waals surface area contributed by atoms with Crippen LogP contribution in [0, 0.1) is 10.1 Å². The number of amides is 2. The van der Waals surface area contributed by atoms with Crippen LogP contribution in [0.25, 0.3) is 0 Å². The van der Waals surface area contributed by atoms with Crippen LogP contribution < -0.4 is 8.32 Å². The fraction of sp³-hybridized carbons (Fsp3) is 0.611. The van der Waals surface area contributed by atoms with Crippen LogP contribution in [-0.2, 0) is 0 Å². The summed E-state index contributed by atoms with van der Waals surface area (Å²) in [6.07, 6.45) is 15.3. The molecule has 0 N–H and O–H groups in total. The molecule has 2 aromatic carbocycles. The molecule has 7 nitrogen and oxygen atoms in total. The van der Waals surface area contributed by atoms with E-state index in [-0.39, 0.29) is 16.7 Å². The van der Waals surface area contributed by atoms with Crippen molar-refractivity contribution >= 4 is 39.5 Å². The van der Waals surface area contributed by atoms with E-state index in [0.717, 1.165) is 74.2 Å². The fourth-order valence-electron chi connectivity index (χ4n) is 6.59. The zero-order valence-electron chi connectivity index (χ0n) is 27.4. The summed E-state index contributed by atoms with van der Waals surface area (Å²) in [5, 5.41) is 12.3. The molecule has 2 amide bonds. The molecule has 3 rings (SSSR count). The normalized spacial score (nSPS) is 13.0. The van der Waals surface area contributed by atoms with Crippen LogP contribution in [-0.4, -0.2) is 53.2 Å². The summed E-state index contributed by atoms with van der Waals surface area (Å²) >= 11 is -2.93. The Labute approximate surface area is 269 Å². The van der Waals surface area contributed by atoms with Crippen molar-refractivity contribution in [2.75, 3.05) is 13.2 Å². The van der Waals surface area contributed by atoms with Gasteiger partial charge in [-0.15, -0.1) is 0 Å². The van der Waals surface area contributed by atoms with Crippen LogP contribution >= 0.6 is 0 Å². The van der Waals surface area contributed by atoms with Gasteiger partial charge in [0.15, 0.2) is 0 Å². The number of ether oxygens (including phenoxy) is 1. The quantitative estimate of drug-likeness (QED) is 0.0377. The Kier molecular flexibility index (Phi) is 15.7. The molecule has 0 fully saturated rings. The zero-order chi connectivity index (χ0) is 31.8. The summed E-state index contributed by atoms with van der Waals surface area (Å²) in [4.78, 5) is 38.4. The Morgan fingerprint density at radius 2 is 1.20 bits per heavy atom. The molecule has 0 radical (unpaired) electrons. The molecule has 0 atom stereocenters. The Bertz CT molecular complexity index is 1160. The van der Waals surface area contributed by atoms with E-state index in [0.29, 0.717) is 35.7 Å². The predicted octanol–water partition coefficient (Wildman–Crippen LogP) is 9.45. The second-order valence-corrected chi connectivity index (χ2v) is 25.6. The van der Waals surface area contributed by atoms with Crippen molar-refractivity contribution in [3.8, 4) is 5.75 Å². The number of carbonyl (C=O) groups excluding carboxylic acids is 2. The molecule has 0 aromatic heterocycles. The van der Waals surface area contributed by atoms with Crippen molar-refractivity contribution in [3.05, 3.63) is 63.7 Å². The van der Waals surface area contributed by atoms with E-state index in [1.807, 2.05) is 6.07 Å². The Balaban J connectivity index is 1.38. The maximum atomic E-state index is 12.5. The minimum atomic E-state index is -2.93. The van der Waals surface area contributed by atoms with E-state index >= 15 is 0 Å². The predicted molar refractivity (Wildman–Crippen MR) is 182 cm³/mol. The Morgan fingerprint density at radius 3 is 1.70 bits per heavy atom. The first kappa shape index (κ1) is 36.1. The molecule has 2 aromatic rings. The number of hydrogen-bond acceptors (Lipinski definition) is 5. The number of fused-ring (bicyclic) bond motifs is 1. The molecule has 0 unspecified atom stereocenters. The molecule has 1 aliphatic heterocycles. The first-order valence-electron chi connectivity index (χ1n) is 17.3. The first-order valence-corrected chi connectivity index (χ1v) is 24.7. The molecular weight excluding hydrogens is 659 g/mol. The van der Waals surface area contributed by atoms with Crippen LogP contribution in [0.1, 0.15) is 131 Å². The van der Waals surface area contributed by atoms with Crippen LogP contribution in [0.5, 0.6) is 5.75 Å². The third kappa shape index (κ3) is 10.0. The molecule has 0 aliphatic carbocycles. The maximum absolute atomic E-state index is 12.5. The van der Waals surface area contributed by atoms with E-state index in [1.54, 1.807) is 30.3 Å². The van der Waals surface area contributed by atoms with Crippen molar-refractivity contribution in [2.24, 2.45) is 0 Å². The first-order chi connectivity index (χ1) is 21.4. The summed E-state index contributed by atoms with van der Waals surface area (Å²) in [6, 6.07) is 12.8. The van der Waals surface area contributed by atoms with E-state index < -0.39 is 18.4 Å². The van der Waals surface area contributed by atoms with Crippen LogP contribution in [0.2, 0.25) is 13.3 Å². The number of nitro groups is 1. The van der Waals surface area contributed by atoms with Gasteiger partial charge in [-0.1, -0.05) is 18.6 Å². The van der Waals surface area contributed by atoms with Gasteiger partial charge in [0.05, 0.1) is 11.1 Å². The monoisotopic (exact) mass is 714 g/mol. The van der Waals surface area contributed by atoms with Crippen molar-refractivity contribution in [1.82, 2.24) is 4.90 Å². The number of hydrogen-bond donors (Lipinski definition) is 0. The number of unbranched alkanes of at least 4 members (excludes halogenated alkanes) is 10. The van der Waals surface area contributed by atoms with E-state index in [1.165, 1.54) is 37.5 Å². The second-order valence-electron chi connectivity index (χ2n) is 12.5. The van der Waals surface area contributed by atoms with Gasteiger partial charge in [0.1, 0.15) is 0 Å². The van der Waals surface area contributed by atoms with Crippen molar-refractivity contribution in [1.29, 1.82) is 0 Å². The summed E-state index contributed by atoms with van der Waals surface area (Å²) in [5.41, 5.74) is 1.35. The molecule has 0 bridgehead atoms. The summed E-state index contributed by atoms with van der Waals surface area (Å²) in [7, 11) is 0. The van der Waals surface area contributed by atoms with Crippen LogP contribution in [0.3, 0.4) is 0 Å².